The molecule has 21 heavy (non-hydrogen) atoms. The monoisotopic (exact) mass is 312 g/mol. The molecule has 0 unspecified atom stereocenters. The summed E-state index contributed by atoms with van der Waals surface area (Å²) in [6.07, 6.45) is 1.57. The van der Waals surface area contributed by atoms with Crippen LogP contribution in [0.5, 0.6) is 0 Å². The summed E-state index contributed by atoms with van der Waals surface area (Å²) in [5.41, 5.74) is 0.314. The molecule has 8 heteroatoms. The number of hydrogen-bond acceptors (Lipinski definition) is 4. The van der Waals surface area contributed by atoms with Gasteiger partial charge in [-0.2, -0.15) is 8.78 Å². The van der Waals surface area contributed by atoms with Gasteiger partial charge in [-0.3, -0.25) is 9.89 Å². The Morgan fingerprint density at radius 3 is 2.90 bits per heavy atom. The molecule has 1 amide bonds. The van der Waals surface area contributed by atoms with Crippen LogP contribution in [0.25, 0.3) is 0 Å². The van der Waals surface area contributed by atoms with Crippen molar-refractivity contribution < 1.29 is 13.6 Å². The maximum atomic E-state index is 12.5. The molecule has 2 rings (SSSR count). The lowest BCUT2D eigenvalue weighted by Gasteiger charge is -2.08. The van der Waals surface area contributed by atoms with Crippen LogP contribution in [0, 0.1) is 0 Å². The fraction of sp³-hybridized carbons (Fsp3) is 0.308. The van der Waals surface area contributed by atoms with Crippen LogP contribution < -0.4 is 5.32 Å². The fourth-order valence-corrected chi connectivity index (χ4v) is 2.29. The minimum Gasteiger partial charge on any atom is -0.318 e. The summed E-state index contributed by atoms with van der Waals surface area (Å²) in [6, 6.07) is 6.37. The molecule has 0 bridgehead atoms. The number of aryl methyl sites for hydroxylation is 1. The van der Waals surface area contributed by atoms with Crippen LogP contribution >= 0.6 is 11.8 Å². The number of nitrogens with one attached hydrogen (secondary N) is 2. The van der Waals surface area contributed by atoms with Gasteiger partial charge >= 0.3 is 0 Å². The Morgan fingerprint density at radius 1 is 1.43 bits per heavy atom. The molecule has 1 aromatic heterocycles. The number of para-hydroxylation sites is 1. The Balaban J connectivity index is 2.11. The van der Waals surface area contributed by atoms with Gasteiger partial charge in [0, 0.05) is 11.3 Å². The molecule has 0 aliphatic heterocycles. The van der Waals surface area contributed by atoms with Crippen LogP contribution in [0.2, 0.25) is 0 Å². The number of alkyl halides is 2. The highest BCUT2D eigenvalue weighted by Crippen LogP contribution is 2.31. The minimum absolute atomic E-state index is 0.00435. The maximum absolute atomic E-state index is 12.5. The van der Waals surface area contributed by atoms with Crippen molar-refractivity contribution in [1.82, 2.24) is 15.2 Å². The van der Waals surface area contributed by atoms with Crippen molar-refractivity contribution in [3.05, 3.63) is 35.9 Å². The molecule has 1 aromatic carbocycles. The van der Waals surface area contributed by atoms with Gasteiger partial charge in [-0.1, -0.05) is 30.8 Å². The second-order valence-electron chi connectivity index (χ2n) is 4.18. The van der Waals surface area contributed by atoms with E-state index in [1.807, 2.05) is 6.92 Å². The largest absolute Gasteiger partial charge is 0.318 e. The zero-order valence-corrected chi connectivity index (χ0v) is 12.1. The van der Waals surface area contributed by atoms with Crippen molar-refractivity contribution >= 4 is 23.4 Å². The molecular weight excluding hydrogens is 298 g/mol. The number of thioether (sulfide) groups is 1. The standard InChI is InChI=1S/C13H14F2N4OS/c1-2-5-10-17-11(19-18-10)12(20)16-8-6-3-4-7-9(8)21-13(14)15/h3-4,6-7,13H,2,5H2,1H3,(H,16,20)(H,17,18,19). The van der Waals surface area contributed by atoms with Gasteiger partial charge in [0.1, 0.15) is 5.82 Å². The van der Waals surface area contributed by atoms with Gasteiger partial charge in [0.05, 0.1) is 5.69 Å². The zero-order chi connectivity index (χ0) is 15.2. The van der Waals surface area contributed by atoms with E-state index in [1.165, 1.54) is 6.07 Å². The first kappa shape index (κ1) is 15.4. The molecule has 0 atom stereocenters. The molecular formula is C13H14F2N4OS. The molecule has 0 saturated heterocycles. The summed E-state index contributed by atoms with van der Waals surface area (Å²) in [5.74, 6) is -2.47. The number of amides is 1. The smallest absolute Gasteiger partial charge is 0.295 e. The number of hydrogen-bond donors (Lipinski definition) is 2. The van der Waals surface area contributed by atoms with Gasteiger partial charge in [-0.15, -0.1) is 5.10 Å². The van der Waals surface area contributed by atoms with Crippen molar-refractivity contribution in [2.24, 2.45) is 0 Å². The Bertz CT molecular complexity index is 618. The number of rotatable bonds is 6. The van der Waals surface area contributed by atoms with Crippen molar-refractivity contribution in [3.8, 4) is 0 Å². The van der Waals surface area contributed by atoms with Crippen molar-refractivity contribution in [2.45, 2.75) is 30.4 Å². The predicted molar refractivity (Wildman–Crippen MR) is 76.6 cm³/mol. The Hall–Kier alpha value is -1.96. The maximum Gasteiger partial charge on any atom is 0.295 e. The summed E-state index contributed by atoms with van der Waals surface area (Å²) in [7, 11) is 0. The third kappa shape index (κ3) is 4.25. The van der Waals surface area contributed by atoms with Crippen molar-refractivity contribution in [1.29, 1.82) is 0 Å². The molecule has 2 aromatic rings. The van der Waals surface area contributed by atoms with Gasteiger partial charge < -0.3 is 5.32 Å². The lowest BCUT2D eigenvalue weighted by Crippen LogP contribution is -2.14. The van der Waals surface area contributed by atoms with Crippen LogP contribution in [0.4, 0.5) is 14.5 Å². The quantitative estimate of drug-likeness (QED) is 0.803. The number of nitrogens with zero attached hydrogens (tertiary/aromatic N) is 2. The molecule has 0 aliphatic carbocycles. The molecule has 0 spiro atoms. The van der Waals surface area contributed by atoms with Crippen LogP contribution in [0.3, 0.4) is 0 Å². The summed E-state index contributed by atoms with van der Waals surface area (Å²) >= 11 is 0.379. The van der Waals surface area contributed by atoms with E-state index in [4.69, 9.17) is 0 Å². The van der Waals surface area contributed by atoms with Crippen LogP contribution in [0.1, 0.15) is 29.8 Å². The second kappa shape index (κ2) is 7.16. The molecule has 0 aliphatic rings. The average molecular weight is 312 g/mol. The number of halogens is 2. The summed E-state index contributed by atoms with van der Waals surface area (Å²) in [6.45, 7) is 1.99. The summed E-state index contributed by atoms with van der Waals surface area (Å²) in [5, 5.41) is 9.04. The van der Waals surface area contributed by atoms with Crippen LogP contribution in [-0.2, 0) is 6.42 Å². The molecule has 2 N–H and O–H groups in total. The fourth-order valence-electron chi connectivity index (χ4n) is 1.69. The van der Waals surface area contributed by atoms with E-state index >= 15 is 0 Å². The number of benzene rings is 1. The molecule has 5 nitrogen and oxygen atoms in total. The highest BCUT2D eigenvalue weighted by Gasteiger charge is 2.16. The number of aromatic nitrogens is 3. The topological polar surface area (TPSA) is 70.7 Å². The number of anilines is 1. The van der Waals surface area contributed by atoms with Gasteiger partial charge in [0.2, 0.25) is 5.82 Å². The van der Waals surface area contributed by atoms with E-state index < -0.39 is 11.7 Å². The highest BCUT2D eigenvalue weighted by atomic mass is 32.2. The summed E-state index contributed by atoms with van der Waals surface area (Å²) < 4.78 is 24.9. The SMILES string of the molecule is CCCc1nc(C(=O)Nc2ccccc2SC(F)F)n[nH]1. The van der Waals surface area contributed by atoms with E-state index in [0.717, 1.165) is 6.42 Å². The summed E-state index contributed by atoms with van der Waals surface area (Å²) in [4.78, 5) is 16.4. The molecule has 0 fully saturated rings. The van der Waals surface area contributed by atoms with Gasteiger partial charge in [-0.25, -0.2) is 4.98 Å². The molecule has 112 valence electrons. The minimum atomic E-state index is -2.55. The first-order valence-electron chi connectivity index (χ1n) is 6.36. The number of H-pyrrole nitrogens is 1. The van der Waals surface area contributed by atoms with Crippen LogP contribution in [0.15, 0.2) is 29.2 Å². The van der Waals surface area contributed by atoms with Gasteiger partial charge in [0.25, 0.3) is 11.7 Å². The van der Waals surface area contributed by atoms with Crippen LogP contribution in [-0.4, -0.2) is 26.8 Å². The van der Waals surface area contributed by atoms with E-state index in [-0.39, 0.29) is 5.82 Å². The lowest BCUT2D eigenvalue weighted by molar-refractivity contribution is 0.101. The van der Waals surface area contributed by atoms with E-state index in [2.05, 4.69) is 20.5 Å². The Kier molecular flexibility index (Phi) is 5.26. The van der Waals surface area contributed by atoms with Gasteiger partial charge in [0.15, 0.2) is 0 Å². The lowest BCUT2D eigenvalue weighted by atomic mass is 10.3. The molecule has 1 heterocycles. The van der Waals surface area contributed by atoms with E-state index in [1.54, 1.807) is 18.2 Å². The predicted octanol–water partition coefficient (Wildman–Crippen LogP) is 3.32. The highest BCUT2D eigenvalue weighted by molar-refractivity contribution is 7.99. The Labute approximate surface area is 124 Å². The average Bonchev–Trinajstić information content (AvgIpc) is 2.89. The number of aromatic amines is 1. The first-order chi connectivity index (χ1) is 10.1. The van der Waals surface area contributed by atoms with E-state index in [9.17, 15) is 13.6 Å². The zero-order valence-electron chi connectivity index (χ0n) is 11.3. The molecule has 0 radical (unpaired) electrons. The van der Waals surface area contributed by atoms with Crippen molar-refractivity contribution in [2.75, 3.05) is 5.32 Å². The van der Waals surface area contributed by atoms with Gasteiger partial charge in [-0.05, 0) is 18.6 Å². The third-order valence-corrected chi connectivity index (χ3v) is 3.36. The Morgan fingerprint density at radius 2 is 2.19 bits per heavy atom. The second-order valence-corrected chi connectivity index (χ2v) is 5.22. The molecule has 0 saturated carbocycles. The first-order valence-corrected chi connectivity index (χ1v) is 7.24. The van der Waals surface area contributed by atoms with E-state index in [0.29, 0.717) is 34.6 Å². The normalized spacial score (nSPS) is 10.9. The van der Waals surface area contributed by atoms with Crippen molar-refractivity contribution in [3.63, 3.8) is 0 Å². The number of carbonyl (C=O) groups excluding carboxylic acids is 1. The number of carbonyl (C=O) groups is 1. The third-order valence-electron chi connectivity index (χ3n) is 2.57.